The van der Waals surface area contributed by atoms with Crippen LogP contribution in [-0.2, 0) is 4.79 Å². The van der Waals surface area contributed by atoms with Gasteiger partial charge in [-0.15, -0.1) is 0 Å². The molecule has 0 bridgehead atoms. The van der Waals surface area contributed by atoms with E-state index in [1.165, 1.54) is 19.3 Å². The fraction of sp³-hybridized carbons (Fsp3) is 0.579. The molecule has 1 fully saturated rings. The Kier molecular flexibility index (Phi) is 6.47. The van der Waals surface area contributed by atoms with E-state index >= 15 is 0 Å². The summed E-state index contributed by atoms with van der Waals surface area (Å²) < 4.78 is 2.17. The van der Waals surface area contributed by atoms with Gasteiger partial charge in [-0.3, -0.25) is 9.69 Å². The molecule has 25 heavy (non-hydrogen) atoms. The molecule has 1 aliphatic rings. The van der Waals surface area contributed by atoms with Crippen molar-refractivity contribution in [2.24, 2.45) is 5.92 Å². The fourth-order valence-electron chi connectivity index (χ4n) is 3.42. The van der Waals surface area contributed by atoms with Gasteiger partial charge in [0.15, 0.2) is 5.13 Å². The second-order valence-corrected chi connectivity index (χ2v) is 9.01. The number of hydrogen-bond acceptors (Lipinski definition) is 4. The highest BCUT2D eigenvalue weighted by Gasteiger charge is 2.28. The maximum absolute atomic E-state index is 13.2. The summed E-state index contributed by atoms with van der Waals surface area (Å²) in [6.07, 6.45) is 6.63. The highest BCUT2D eigenvalue weighted by molar-refractivity contribution is 9.10. The average Bonchev–Trinajstić information content (AvgIpc) is 3.01. The van der Waals surface area contributed by atoms with Gasteiger partial charge in [0, 0.05) is 16.9 Å². The Hall–Kier alpha value is -0.980. The maximum Gasteiger partial charge on any atom is 0.231 e. The van der Waals surface area contributed by atoms with Crippen molar-refractivity contribution in [1.82, 2.24) is 9.88 Å². The van der Waals surface area contributed by atoms with Gasteiger partial charge in [-0.1, -0.05) is 46.5 Å². The van der Waals surface area contributed by atoms with Crippen LogP contribution >= 0.6 is 27.3 Å². The van der Waals surface area contributed by atoms with Gasteiger partial charge in [0.2, 0.25) is 5.91 Å². The Bertz CT molecular complexity index is 725. The van der Waals surface area contributed by atoms with Crippen molar-refractivity contribution in [3.05, 3.63) is 22.7 Å². The van der Waals surface area contributed by atoms with Crippen LogP contribution in [0, 0.1) is 5.92 Å². The smallest absolute Gasteiger partial charge is 0.231 e. The average molecular weight is 424 g/mol. The predicted molar refractivity (Wildman–Crippen MR) is 109 cm³/mol. The third kappa shape index (κ3) is 4.80. The third-order valence-electron chi connectivity index (χ3n) is 4.78. The third-order valence-corrected chi connectivity index (χ3v) is 6.31. The second-order valence-electron chi connectivity index (χ2n) is 7.09. The van der Waals surface area contributed by atoms with E-state index in [0.29, 0.717) is 0 Å². The van der Waals surface area contributed by atoms with Crippen molar-refractivity contribution in [2.75, 3.05) is 32.1 Å². The highest BCUT2D eigenvalue weighted by Crippen LogP contribution is 2.33. The number of hydrogen-bond donors (Lipinski definition) is 0. The van der Waals surface area contributed by atoms with E-state index in [-0.39, 0.29) is 11.8 Å². The molecule has 1 aromatic carbocycles. The Morgan fingerprint density at radius 3 is 2.72 bits per heavy atom. The molecule has 3 rings (SSSR count). The van der Waals surface area contributed by atoms with E-state index in [0.717, 1.165) is 52.2 Å². The zero-order chi connectivity index (χ0) is 17.8. The van der Waals surface area contributed by atoms with Gasteiger partial charge < -0.3 is 4.90 Å². The van der Waals surface area contributed by atoms with E-state index < -0.39 is 0 Å². The summed E-state index contributed by atoms with van der Waals surface area (Å²) in [6.45, 7) is 1.72. The molecule has 0 radical (unpaired) electrons. The van der Waals surface area contributed by atoms with Gasteiger partial charge in [0.1, 0.15) is 0 Å². The van der Waals surface area contributed by atoms with E-state index in [4.69, 9.17) is 4.98 Å². The number of halogens is 1. The molecule has 0 atom stereocenters. The number of thiazole rings is 1. The first-order valence-electron chi connectivity index (χ1n) is 9.07. The minimum absolute atomic E-state index is 0.173. The maximum atomic E-state index is 13.2. The van der Waals surface area contributed by atoms with Gasteiger partial charge in [-0.25, -0.2) is 4.98 Å². The number of aromatic nitrogens is 1. The van der Waals surface area contributed by atoms with Crippen LogP contribution < -0.4 is 4.90 Å². The van der Waals surface area contributed by atoms with Crippen LogP contribution in [0.2, 0.25) is 0 Å². The molecule has 1 aromatic heterocycles. The summed E-state index contributed by atoms with van der Waals surface area (Å²) in [5.74, 6) is 0.448. The molecule has 0 aliphatic heterocycles. The van der Waals surface area contributed by atoms with Gasteiger partial charge in [0.05, 0.1) is 10.2 Å². The fourth-order valence-corrected chi connectivity index (χ4v) is 4.97. The number of anilines is 1. The molecule has 6 heteroatoms. The summed E-state index contributed by atoms with van der Waals surface area (Å²) in [5.41, 5.74) is 0.970. The first-order chi connectivity index (χ1) is 12.0. The zero-order valence-corrected chi connectivity index (χ0v) is 17.4. The minimum atomic E-state index is 0.173. The molecule has 1 amide bonds. The summed E-state index contributed by atoms with van der Waals surface area (Å²) in [5, 5.41) is 0.849. The molecule has 0 saturated heterocycles. The molecule has 1 aliphatic carbocycles. The molecular weight excluding hydrogens is 398 g/mol. The summed E-state index contributed by atoms with van der Waals surface area (Å²) in [4.78, 5) is 22.1. The number of benzene rings is 1. The van der Waals surface area contributed by atoms with E-state index in [2.05, 4.69) is 41.0 Å². The molecule has 2 aromatic rings. The molecule has 4 nitrogen and oxygen atoms in total. The lowest BCUT2D eigenvalue weighted by molar-refractivity contribution is -0.123. The summed E-state index contributed by atoms with van der Waals surface area (Å²) in [7, 11) is 4.14. The summed E-state index contributed by atoms with van der Waals surface area (Å²) >= 11 is 5.14. The van der Waals surface area contributed by atoms with Crippen molar-refractivity contribution in [1.29, 1.82) is 0 Å². The normalized spacial score (nSPS) is 15.8. The SMILES string of the molecule is CN(C)CCCN(C(=O)C1CCCCC1)c1nc2ccc(Br)cc2s1. The van der Waals surface area contributed by atoms with Crippen LogP contribution in [0.1, 0.15) is 38.5 Å². The first kappa shape index (κ1) is 18.8. The molecule has 0 N–H and O–H groups in total. The Morgan fingerprint density at radius 1 is 1.24 bits per heavy atom. The number of nitrogens with zero attached hydrogens (tertiary/aromatic N) is 3. The highest BCUT2D eigenvalue weighted by atomic mass is 79.9. The van der Waals surface area contributed by atoms with Gasteiger partial charge >= 0.3 is 0 Å². The van der Waals surface area contributed by atoms with Crippen LogP contribution in [-0.4, -0.2) is 43.0 Å². The predicted octanol–water partition coefficient (Wildman–Crippen LogP) is 4.92. The van der Waals surface area contributed by atoms with E-state index in [1.54, 1.807) is 11.3 Å². The van der Waals surface area contributed by atoms with Crippen molar-refractivity contribution in [3.63, 3.8) is 0 Å². The molecule has 0 spiro atoms. The Balaban J connectivity index is 1.83. The summed E-state index contributed by atoms with van der Waals surface area (Å²) in [6, 6.07) is 6.10. The molecule has 1 heterocycles. The number of amides is 1. The van der Waals surface area contributed by atoms with Crippen molar-refractivity contribution in [2.45, 2.75) is 38.5 Å². The van der Waals surface area contributed by atoms with E-state index in [1.807, 2.05) is 17.0 Å². The van der Waals surface area contributed by atoms with Crippen LogP contribution in [0.15, 0.2) is 22.7 Å². The standard InChI is InChI=1S/C19H26BrN3OS/c1-22(2)11-6-12-23(18(24)14-7-4-3-5-8-14)19-21-16-10-9-15(20)13-17(16)25-19/h9-10,13-14H,3-8,11-12H2,1-2H3. The Labute approximate surface area is 162 Å². The zero-order valence-electron chi connectivity index (χ0n) is 15.0. The molecular formula is C19H26BrN3OS. The lowest BCUT2D eigenvalue weighted by Crippen LogP contribution is -2.38. The molecule has 136 valence electrons. The first-order valence-corrected chi connectivity index (χ1v) is 10.7. The minimum Gasteiger partial charge on any atom is -0.309 e. The lowest BCUT2D eigenvalue weighted by atomic mass is 9.88. The molecule has 1 saturated carbocycles. The Morgan fingerprint density at radius 2 is 2.00 bits per heavy atom. The van der Waals surface area contributed by atoms with Crippen molar-refractivity contribution >= 4 is 48.5 Å². The monoisotopic (exact) mass is 423 g/mol. The largest absolute Gasteiger partial charge is 0.309 e. The quantitative estimate of drug-likeness (QED) is 0.660. The number of carbonyl (C=O) groups is 1. The topological polar surface area (TPSA) is 36.4 Å². The van der Waals surface area contributed by atoms with Crippen molar-refractivity contribution in [3.8, 4) is 0 Å². The van der Waals surface area contributed by atoms with E-state index in [9.17, 15) is 4.79 Å². The van der Waals surface area contributed by atoms with Crippen molar-refractivity contribution < 1.29 is 4.79 Å². The van der Waals surface area contributed by atoms with Crippen LogP contribution in [0.5, 0.6) is 0 Å². The molecule has 0 unspecified atom stereocenters. The van der Waals surface area contributed by atoms with Crippen LogP contribution in [0.25, 0.3) is 10.2 Å². The van der Waals surface area contributed by atoms with Crippen LogP contribution in [0.3, 0.4) is 0 Å². The number of rotatable bonds is 6. The number of carbonyl (C=O) groups excluding carboxylic acids is 1. The lowest BCUT2D eigenvalue weighted by Gasteiger charge is -2.28. The second kappa shape index (κ2) is 8.60. The van der Waals surface area contributed by atoms with Gasteiger partial charge in [-0.05, 0) is 58.1 Å². The van der Waals surface area contributed by atoms with Gasteiger partial charge in [0.25, 0.3) is 0 Å². The number of fused-ring (bicyclic) bond motifs is 1. The van der Waals surface area contributed by atoms with Crippen LogP contribution in [0.4, 0.5) is 5.13 Å². The van der Waals surface area contributed by atoms with Gasteiger partial charge in [-0.2, -0.15) is 0 Å².